The summed E-state index contributed by atoms with van der Waals surface area (Å²) in [6.07, 6.45) is 2.56. The molecule has 2 nitrogen and oxygen atoms in total. The van der Waals surface area contributed by atoms with Gasteiger partial charge in [0.15, 0.2) is 0 Å². The van der Waals surface area contributed by atoms with Gasteiger partial charge >= 0.3 is 0 Å². The van der Waals surface area contributed by atoms with E-state index in [2.05, 4.69) is 10.3 Å². The number of nitrogens with zero attached hydrogens (tertiary/aromatic N) is 1. The number of anilines is 1. The van der Waals surface area contributed by atoms with E-state index in [1.165, 1.54) is 0 Å². The number of nitrogens with one attached hydrogen (secondary N) is 1. The highest BCUT2D eigenvalue weighted by Crippen LogP contribution is 2.23. The molecule has 1 aliphatic heterocycles. The van der Waals surface area contributed by atoms with E-state index >= 15 is 0 Å². The molecule has 1 N–H and O–H groups in total. The van der Waals surface area contributed by atoms with Crippen molar-refractivity contribution in [2.45, 2.75) is 20.2 Å². The molecule has 1 heterocycles. The van der Waals surface area contributed by atoms with Gasteiger partial charge in [0.1, 0.15) is 0 Å². The van der Waals surface area contributed by atoms with Crippen LogP contribution >= 0.6 is 11.6 Å². The SMILES string of the molecule is [2H]C([2H])(c1cc(Cl)ccc1NCC1=NCC=C1)C(C)C. The first kappa shape index (κ1) is 10.6. The largest absolute Gasteiger partial charge is 0.379 e. The summed E-state index contributed by atoms with van der Waals surface area (Å²) in [5.74, 6) is -0.134. The maximum Gasteiger partial charge on any atom is 0.0578 e. The fourth-order valence-electron chi connectivity index (χ4n) is 1.81. The summed E-state index contributed by atoms with van der Waals surface area (Å²) in [7, 11) is 0. The molecule has 96 valence electrons. The van der Waals surface area contributed by atoms with Crippen molar-refractivity contribution < 1.29 is 2.74 Å². The van der Waals surface area contributed by atoms with Crippen LogP contribution in [0.25, 0.3) is 0 Å². The first-order valence-corrected chi connectivity index (χ1v) is 6.53. The average Bonchev–Trinajstić information content (AvgIpc) is 2.90. The minimum Gasteiger partial charge on any atom is -0.379 e. The van der Waals surface area contributed by atoms with Crippen molar-refractivity contribution in [3.63, 3.8) is 0 Å². The second-order valence-corrected chi connectivity index (χ2v) is 5.01. The molecule has 0 spiro atoms. The number of rotatable bonds is 5. The predicted molar refractivity (Wildman–Crippen MR) is 79.9 cm³/mol. The normalized spacial score (nSPS) is 16.6. The maximum atomic E-state index is 8.27. The molecule has 0 unspecified atom stereocenters. The number of hydrogen-bond donors (Lipinski definition) is 1. The van der Waals surface area contributed by atoms with Crippen molar-refractivity contribution >= 4 is 23.0 Å². The number of halogens is 1. The van der Waals surface area contributed by atoms with Crippen LogP contribution in [0.1, 0.15) is 22.2 Å². The van der Waals surface area contributed by atoms with Gasteiger partial charge in [0, 0.05) is 13.5 Å². The summed E-state index contributed by atoms with van der Waals surface area (Å²) in [4.78, 5) is 4.32. The van der Waals surface area contributed by atoms with E-state index in [4.69, 9.17) is 14.3 Å². The monoisotopic (exact) mass is 264 g/mol. The van der Waals surface area contributed by atoms with Crippen molar-refractivity contribution in [3.8, 4) is 0 Å². The smallest absolute Gasteiger partial charge is 0.0578 e. The van der Waals surface area contributed by atoms with Crippen LogP contribution in [0.15, 0.2) is 35.3 Å². The minimum absolute atomic E-state index is 0.134. The fraction of sp³-hybridized carbons (Fsp3) is 0.400. The van der Waals surface area contributed by atoms with E-state index in [9.17, 15) is 0 Å². The molecule has 3 heteroatoms. The van der Waals surface area contributed by atoms with E-state index in [-0.39, 0.29) is 5.92 Å². The second-order valence-electron chi connectivity index (χ2n) is 4.58. The van der Waals surface area contributed by atoms with Gasteiger partial charge in [-0.15, -0.1) is 0 Å². The summed E-state index contributed by atoms with van der Waals surface area (Å²) < 4.78 is 16.5. The molecule has 0 aliphatic carbocycles. The molecule has 0 aromatic heterocycles. The zero-order valence-electron chi connectivity index (χ0n) is 12.7. The van der Waals surface area contributed by atoms with Crippen LogP contribution in [0.3, 0.4) is 0 Å². The molecule has 2 rings (SSSR count). The van der Waals surface area contributed by atoms with Crippen molar-refractivity contribution in [3.05, 3.63) is 40.9 Å². The molecular weight excluding hydrogens is 244 g/mol. The Morgan fingerprint density at radius 1 is 1.50 bits per heavy atom. The molecule has 0 saturated heterocycles. The Kier molecular flexibility index (Phi) is 3.57. The molecular formula is C15H19ClN2. The summed E-state index contributed by atoms with van der Waals surface area (Å²) in [6, 6.07) is 5.31. The quantitative estimate of drug-likeness (QED) is 0.855. The van der Waals surface area contributed by atoms with Gasteiger partial charge in [-0.2, -0.15) is 0 Å². The molecule has 18 heavy (non-hydrogen) atoms. The Labute approximate surface area is 117 Å². The lowest BCUT2D eigenvalue weighted by Gasteiger charge is -2.14. The van der Waals surface area contributed by atoms with Crippen molar-refractivity contribution in [2.75, 3.05) is 18.4 Å². The molecule has 0 amide bonds. The number of hydrogen-bond acceptors (Lipinski definition) is 2. The molecule has 0 fully saturated rings. The molecule has 0 saturated carbocycles. The third-order valence-electron chi connectivity index (χ3n) is 2.60. The van der Waals surface area contributed by atoms with Crippen LogP contribution in [0.4, 0.5) is 5.69 Å². The van der Waals surface area contributed by atoms with Gasteiger partial charge in [-0.1, -0.05) is 31.5 Å². The minimum atomic E-state index is -1.43. The Morgan fingerprint density at radius 3 is 3.00 bits per heavy atom. The highest BCUT2D eigenvalue weighted by atomic mass is 35.5. The van der Waals surface area contributed by atoms with Gasteiger partial charge in [0.2, 0.25) is 0 Å². The van der Waals surface area contributed by atoms with Gasteiger partial charge in [0.25, 0.3) is 0 Å². The molecule has 0 radical (unpaired) electrons. The van der Waals surface area contributed by atoms with Crippen molar-refractivity contribution in [1.82, 2.24) is 0 Å². The Bertz CT molecular complexity index is 551. The fourth-order valence-corrected chi connectivity index (χ4v) is 1.99. The summed E-state index contributed by atoms with van der Waals surface area (Å²) in [5, 5.41) is 3.81. The lowest BCUT2D eigenvalue weighted by Crippen LogP contribution is -2.12. The molecule has 0 atom stereocenters. The lowest BCUT2D eigenvalue weighted by molar-refractivity contribution is 0.648. The molecule has 1 aromatic carbocycles. The Morgan fingerprint density at radius 2 is 2.33 bits per heavy atom. The average molecular weight is 265 g/mol. The maximum absolute atomic E-state index is 8.27. The Hall–Kier alpha value is -1.28. The van der Waals surface area contributed by atoms with Crippen LogP contribution in [-0.2, 0) is 6.37 Å². The third-order valence-corrected chi connectivity index (χ3v) is 2.83. The topological polar surface area (TPSA) is 24.4 Å². The summed E-state index contributed by atoms with van der Waals surface area (Å²) >= 11 is 6.03. The highest BCUT2D eigenvalue weighted by molar-refractivity contribution is 6.30. The summed E-state index contributed by atoms with van der Waals surface area (Å²) in [6.45, 7) is 5.07. The first-order valence-electron chi connectivity index (χ1n) is 7.15. The zero-order valence-corrected chi connectivity index (χ0v) is 11.5. The lowest BCUT2D eigenvalue weighted by atomic mass is 10.0. The van der Waals surface area contributed by atoms with E-state index < -0.39 is 6.37 Å². The predicted octanol–water partition coefficient (Wildman–Crippen LogP) is 3.96. The van der Waals surface area contributed by atoms with Crippen LogP contribution in [-0.4, -0.2) is 18.8 Å². The van der Waals surface area contributed by atoms with Crippen LogP contribution in [0.5, 0.6) is 0 Å². The van der Waals surface area contributed by atoms with E-state index in [0.717, 1.165) is 17.9 Å². The highest BCUT2D eigenvalue weighted by Gasteiger charge is 2.07. The number of aliphatic imine (C=N–C) groups is 1. The van der Waals surface area contributed by atoms with Crippen molar-refractivity contribution in [2.24, 2.45) is 10.9 Å². The third kappa shape index (κ3) is 3.61. The van der Waals surface area contributed by atoms with Crippen LogP contribution in [0.2, 0.25) is 5.02 Å². The van der Waals surface area contributed by atoms with Crippen molar-refractivity contribution in [1.29, 1.82) is 0 Å². The van der Waals surface area contributed by atoms with E-state index in [1.807, 2.05) is 32.1 Å². The van der Waals surface area contributed by atoms with Gasteiger partial charge in [-0.25, -0.2) is 0 Å². The molecule has 1 aromatic rings. The Balaban J connectivity index is 2.26. The first-order chi connectivity index (χ1) is 9.41. The van der Waals surface area contributed by atoms with Gasteiger partial charge < -0.3 is 5.32 Å². The second kappa shape index (κ2) is 6.05. The van der Waals surface area contributed by atoms with Gasteiger partial charge in [0.05, 0.1) is 18.8 Å². The summed E-state index contributed by atoms with van der Waals surface area (Å²) in [5.41, 5.74) is 2.36. The van der Waals surface area contributed by atoms with Gasteiger partial charge in [-0.05, 0) is 42.1 Å². The van der Waals surface area contributed by atoms with E-state index in [0.29, 0.717) is 17.1 Å². The molecule has 0 bridgehead atoms. The van der Waals surface area contributed by atoms with Crippen LogP contribution in [0, 0.1) is 5.92 Å². The van der Waals surface area contributed by atoms with Gasteiger partial charge in [-0.3, -0.25) is 4.99 Å². The zero-order chi connectivity index (χ0) is 14.8. The van der Waals surface area contributed by atoms with E-state index in [1.54, 1.807) is 12.1 Å². The standard InChI is InChI=1S/C15H19ClN2/c1-11(2)8-12-9-13(16)5-6-15(12)18-10-14-4-3-7-17-14/h3-6,9,11,18H,7-8,10H2,1-2H3/i8D2. The molecule has 1 aliphatic rings. The van der Waals surface area contributed by atoms with Crippen LogP contribution < -0.4 is 5.32 Å². The number of benzene rings is 1.